The summed E-state index contributed by atoms with van der Waals surface area (Å²) in [7, 11) is 0. The summed E-state index contributed by atoms with van der Waals surface area (Å²) in [6.45, 7) is 5.01. The fraction of sp³-hybridized carbons (Fsp3) is 0.500. The first-order valence-electron chi connectivity index (χ1n) is 6.33. The molecule has 4 heteroatoms. The zero-order valence-corrected chi connectivity index (χ0v) is 11.7. The van der Waals surface area contributed by atoms with Gasteiger partial charge in [0.2, 0.25) is 5.91 Å². The van der Waals surface area contributed by atoms with Crippen molar-refractivity contribution in [3.8, 4) is 5.75 Å². The van der Waals surface area contributed by atoms with E-state index in [0.717, 1.165) is 18.6 Å². The SMILES string of the molecule is CCC(CC)C(=O)NCCOc1cccc(Cl)c1. The minimum atomic E-state index is 0.106. The lowest BCUT2D eigenvalue weighted by Gasteiger charge is -2.13. The number of hydrogen-bond donors (Lipinski definition) is 1. The minimum absolute atomic E-state index is 0.106. The molecule has 0 saturated carbocycles. The van der Waals surface area contributed by atoms with Crippen LogP contribution in [0.2, 0.25) is 5.02 Å². The van der Waals surface area contributed by atoms with Crippen molar-refractivity contribution in [1.29, 1.82) is 0 Å². The van der Waals surface area contributed by atoms with E-state index in [0.29, 0.717) is 18.2 Å². The molecule has 0 aliphatic rings. The van der Waals surface area contributed by atoms with E-state index in [-0.39, 0.29) is 11.8 Å². The Labute approximate surface area is 113 Å². The maximum atomic E-state index is 11.7. The lowest BCUT2D eigenvalue weighted by Crippen LogP contribution is -2.33. The van der Waals surface area contributed by atoms with Gasteiger partial charge in [0.05, 0.1) is 6.54 Å². The fourth-order valence-corrected chi connectivity index (χ4v) is 1.88. The molecule has 1 aromatic carbocycles. The maximum absolute atomic E-state index is 11.7. The van der Waals surface area contributed by atoms with Crippen LogP contribution in [0, 0.1) is 5.92 Å². The van der Waals surface area contributed by atoms with Crippen LogP contribution in [0.4, 0.5) is 0 Å². The van der Waals surface area contributed by atoms with Gasteiger partial charge < -0.3 is 10.1 Å². The molecule has 0 bridgehead atoms. The van der Waals surface area contributed by atoms with E-state index < -0.39 is 0 Å². The van der Waals surface area contributed by atoms with Crippen molar-refractivity contribution < 1.29 is 9.53 Å². The summed E-state index contributed by atoms with van der Waals surface area (Å²) in [4.78, 5) is 11.7. The number of carbonyl (C=O) groups is 1. The minimum Gasteiger partial charge on any atom is -0.492 e. The molecule has 1 amide bonds. The predicted octanol–water partition coefficient (Wildman–Crippen LogP) is 3.27. The molecule has 3 nitrogen and oxygen atoms in total. The average molecular weight is 270 g/mol. The molecule has 0 aromatic heterocycles. The van der Waals surface area contributed by atoms with Crippen molar-refractivity contribution in [2.45, 2.75) is 26.7 Å². The molecular weight excluding hydrogens is 250 g/mol. The fourth-order valence-electron chi connectivity index (χ4n) is 1.70. The number of rotatable bonds is 7. The molecule has 0 heterocycles. The van der Waals surface area contributed by atoms with Gasteiger partial charge in [0.15, 0.2) is 0 Å². The van der Waals surface area contributed by atoms with Crippen molar-refractivity contribution in [2.75, 3.05) is 13.2 Å². The van der Waals surface area contributed by atoms with E-state index in [1.807, 2.05) is 26.0 Å². The van der Waals surface area contributed by atoms with Crippen LogP contribution >= 0.6 is 11.6 Å². The van der Waals surface area contributed by atoms with Crippen molar-refractivity contribution >= 4 is 17.5 Å². The number of ether oxygens (including phenoxy) is 1. The van der Waals surface area contributed by atoms with Gasteiger partial charge in [-0.15, -0.1) is 0 Å². The molecule has 0 aliphatic heterocycles. The highest BCUT2D eigenvalue weighted by atomic mass is 35.5. The lowest BCUT2D eigenvalue weighted by molar-refractivity contribution is -0.125. The van der Waals surface area contributed by atoms with Gasteiger partial charge in [-0.1, -0.05) is 31.5 Å². The Morgan fingerprint density at radius 3 is 2.72 bits per heavy atom. The van der Waals surface area contributed by atoms with Crippen LogP contribution in [0.3, 0.4) is 0 Å². The number of nitrogens with one attached hydrogen (secondary N) is 1. The Morgan fingerprint density at radius 2 is 2.11 bits per heavy atom. The summed E-state index contributed by atoms with van der Waals surface area (Å²) in [6.07, 6.45) is 1.75. The van der Waals surface area contributed by atoms with Crippen LogP contribution in [-0.4, -0.2) is 19.1 Å². The molecule has 0 radical (unpaired) electrons. The quantitative estimate of drug-likeness (QED) is 0.772. The third-order valence-electron chi connectivity index (χ3n) is 2.82. The van der Waals surface area contributed by atoms with E-state index in [2.05, 4.69) is 5.32 Å². The smallest absolute Gasteiger partial charge is 0.223 e. The number of benzene rings is 1. The Morgan fingerprint density at radius 1 is 1.39 bits per heavy atom. The largest absolute Gasteiger partial charge is 0.492 e. The van der Waals surface area contributed by atoms with Crippen molar-refractivity contribution in [3.63, 3.8) is 0 Å². The summed E-state index contributed by atoms with van der Waals surface area (Å²) in [5.41, 5.74) is 0. The van der Waals surface area contributed by atoms with Crippen LogP contribution in [0.15, 0.2) is 24.3 Å². The van der Waals surface area contributed by atoms with Gasteiger partial charge in [0.1, 0.15) is 12.4 Å². The second-order valence-corrected chi connectivity index (χ2v) is 4.55. The second-order valence-electron chi connectivity index (χ2n) is 4.11. The van der Waals surface area contributed by atoms with Gasteiger partial charge in [-0.3, -0.25) is 4.79 Å². The molecule has 1 N–H and O–H groups in total. The first-order valence-corrected chi connectivity index (χ1v) is 6.71. The van der Waals surface area contributed by atoms with Crippen LogP contribution in [-0.2, 0) is 4.79 Å². The highest BCUT2D eigenvalue weighted by Crippen LogP contribution is 2.16. The monoisotopic (exact) mass is 269 g/mol. The second kappa shape index (κ2) is 7.98. The zero-order chi connectivity index (χ0) is 13.4. The third-order valence-corrected chi connectivity index (χ3v) is 3.06. The molecular formula is C14H20ClNO2. The Hall–Kier alpha value is -1.22. The Kier molecular flexibility index (Phi) is 6.58. The van der Waals surface area contributed by atoms with Gasteiger partial charge in [0, 0.05) is 10.9 Å². The first kappa shape index (κ1) is 14.8. The van der Waals surface area contributed by atoms with Crippen LogP contribution < -0.4 is 10.1 Å². The Balaban J connectivity index is 2.24. The van der Waals surface area contributed by atoms with E-state index in [4.69, 9.17) is 16.3 Å². The highest BCUT2D eigenvalue weighted by Gasteiger charge is 2.12. The molecule has 100 valence electrons. The van der Waals surface area contributed by atoms with E-state index in [1.54, 1.807) is 12.1 Å². The normalized spacial score (nSPS) is 10.4. The van der Waals surface area contributed by atoms with Crippen LogP contribution in [0.1, 0.15) is 26.7 Å². The molecule has 0 fully saturated rings. The summed E-state index contributed by atoms with van der Waals surface area (Å²) in [6, 6.07) is 7.22. The molecule has 0 unspecified atom stereocenters. The molecule has 1 rings (SSSR count). The number of amides is 1. The van der Waals surface area contributed by atoms with Crippen LogP contribution in [0.5, 0.6) is 5.75 Å². The average Bonchev–Trinajstić information content (AvgIpc) is 2.36. The predicted molar refractivity (Wildman–Crippen MR) is 74.0 cm³/mol. The van der Waals surface area contributed by atoms with Gasteiger partial charge >= 0.3 is 0 Å². The van der Waals surface area contributed by atoms with Crippen LogP contribution in [0.25, 0.3) is 0 Å². The van der Waals surface area contributed by atoms with E-state index in [1.165, 1.54) is 0 Å². The Bertz CT molecular complexity index is 378. The van der Waals surface area contributed by atoms with Gasteiger partial charge in [-0.2, -0.15) is 0 Å². The number of hydrogen-bond acceptors (Lipinski definition) is 2. The number of carbonyl (C=O) groups excluding carboxylic acids is 1. The molecule has 1 aromatic rings. The highest BCUT2D eigenvalue weighted by molar-refractivity contribution is 6.30. The standard InChI is InChI=1S/C14H20ClNO2/c1-3-11(4-2)14(17)16-8-9-18-13-7-5-6-12(15)10-13/h5-7,10-11H,3-4,8-9H2,1-2H3,(H,16,17). The lowest BCUT2D eigenvalue weighted by atomic mass is 10.0. The van der Waals surface area contributed by atoms with E-state index in [9.17, 15) is 4.79 Å². The maximum Gasteiger partial charge on any atom is 0.223 e. The molecule has 18 heavy (non-hydrogen) atoms. The van der Waals surface area contributed by atoms with Gasteiger partial charge in [-0.05, 0) is 31.0 Å². The van der Waals surface area contributed by atoms with Crippen molar-refractivity contribution in [3.05, 3.63) is 29.3 Å². The number of halogens is 1. The summed E-state index contributed by atoms with van der Waals surface area (Å²) >= 11 is 5.84. The van der Waals surface area contributed by atoms with Gasteiger partial charge in [-0.25, -0.2) is 0 Å². The van der Waals surface area contributed by atoms with Gasteiger partial charge in [0.25, 0.3) is 0 Å². The summed E-state index contributed by atoms with van der Waals surface area (Å²) in [5, 5.41) is 3.52. The van der Waals surface area contributed by atoms with E-state index >= 15 is 0 Å². The van der Waals surface area contributed by atoms with Crippen molar-refractivity contribution in [2.24, 2.45) is 5.92 Å². The summed E-state index contributed by atoms with van der Waals surface area (Å²) in [5.74, 6) is 0.935. The topological polar surface area (TPSA) is 38.3 Å². The zero-order valence-electron chi connectivity index (χ0n) is 10.9. The van der Waals surface area contributed by atoms with Crippen molar-refractivity contribution in [1.82, 2.24) is 5.32 Å². The summed E-state index contributed by atoms with van der Waals surface area (Å²) < 4.78 is 5.49. The first-order chi connectivity index (χ1) is 8.67. The molecule has 0 saturated heterocycles. The molecule has 0 aliphatic carbocycles. The molecule has 0 spiro atoms. The molecule has 0 atom stereocenters. The third kappa shape index (κ3) is 4.96.